The Hall–Kier alpha value is -4.33. The zero-order valence-corrected chi connectivity index (χ0v) is 23.2. The predicted octanol–water partition coefficient (Wildman–Crippen LogP) is 4.90. The van der Waals surface area contributed by atoms with Gasteiger partial charge < -0.3 is 9.80 Å². The molecule has 208 valence electrons. The monoisotopic (exact) mass is 542 g/mol. The summed E-state index contributed by atoms with van der Waals surface area (Å²) in [5.41, 5.74) is 3.39. The van der Waals surface area contributed by atoms with Crippen LogP contribution in [0.3, 0.4) is 0 Å². The molecule has 1 saturated heterocycles. The smallest absolute Gasteiger partial charge is 0.272 e. The molecule has 1 aromatic heterocycles. The third kappa shape index (κ3) is 6.62. The molecule has 1 aliphatic heterocycles. The topological polar surface area (TPSA) is 86.4 Å². The van der Waals surface area contributed by atoms with E-state index in [1.807, 2.05) is 57.2 Å². The number of carbonyl (C=O) groups excluding carboxylic acids is 2. The van der Waals surface area contributed by atoms with Crippen molar-refractivity contribution < 1.29 is 14.0 Å². The summed E-state index contributed by atoms with van der Waals surface area (Å²) in [7, 11) is 0. The van der Waals surface area contributed by atoms with Gasteiger partial charge in [-0.1, -0.05) is 67.9 Å². The van der Waals surface area contributed by atoms with Gasteiger partial charge in [-0.3, -0.25) is 14.4 Å². The lowest BCUT2D eigenvalue weighted by Crippen LogP contribution is -2.50. The van der Waals surface area contributed by atoms with Crippen molar-refractivity contribution >= 4 is 22.6 Å². The Morgan fingerprint density at radius 1 is 0.875 bits per heavy atom. The lowest BCUT2D eigenvalue weighted by molar-refractivity contribution is -0.132. The van der Waals surface area contributed by atoms with Crippen molar-refractivity contribution in [2.45, 2.75) is 40.0 Å². The number of halogens is 1. The van der Waals surface area contributed by atoms with Crippen LogP contribution >= 0.6 is 0 Å². The van der Waals surface area contributed by atoms with Gasteiger partial charge >= 0.3 is 0 Å². The Morgan fingerprint density at radius 3 is 2.20 bits per heavy atom. The molecular formula is C32H35FN4O3. The molecule has 0 spiro atoms. The molecule has 3 aromatic carbocycles. The Bertz CT molecular complexity index is 1540. The van der Waals surface area contributed by atoms with Gasteiger partial charge in [0, 0.05) is 44.4 Å². The third-order valence-corrected chi connectivity index (χ3v) is 7.08. The summed E-state index contributed by atoms with van der Waals surface area (Å²) in [4.78, 5) is 41.4. The minimum atomic E-state index is -0.588. The second kappa shape index (κ2) is 13.2. The summed E-state index contributed by atoms with van der Waals surface area (Å²) in [5.74, 6) is -0.920. The van der Waals surface area contributed by atoms with E-state index in [0.717, 1.165) is 10.9 Å². The summed E-state index contributed by atoms with van der Waals surface area (Å²) in [6, 6.07) is 19.8. The number of benzene rings is 3. The summed E-state index contributed by atoms with van der Waals surface area (Å²) in [6.45, 7) is 7.58. The van der Waals surface area contributed by atoms with Crippen molar-refractivity contribution in [3.63, 3.8) is 0 Å². The van der Waals surface area contributed by atoms with E-state index in [4.69, 9.17) is 0 Å². The Labute approximate surface area is 233 Å². The number of aromatic nitrogens is 2. The average molecular weight is 543 g/mol. The molecule has 40 heavy (non-hydrogen) atoms. The normalized spacial score (nSPS) is 13.1. The molecule has 0 saturated carbocycles. The van der Waals surface area contributed by atoms with Crippen LogP contribution in [0.2, 0.25) is 0 Å². The van der Waals surface area contributed by atoms with Crippen LogP contribution in [0.15, 0.2) is 71.5 Å². The highest BCUT2D eigenvalue weighted by Gasteiger charge is 2.26. The standard InChI is InChI=1S/C30H29FN4O3.C2H6/c1-20-6-8-21(9-7-20)11-13-28(36)34-14-16-35(17-15-34)30(38)25-18-22(10-12-26(25)31)19-27-23-4-2-3-5-24(23)29(37)33-32-27;1-2/h2-10,12,18H,11,13-17,19H2,1H3,(H,33,37);1-2H3. The van der Waals surface area contributed by atoms with Gasteiger partial charge in [0.25, 0.3) is 11.5 Å². The molecule has 7 nitrogen and oxygen atoms in total. The average Bonchev–Trinajstić information content (AvgIpc) is 3.00. The molecule has 1 aliphatic rings. The van der Waals surface area contributed by atoms with Gasteiger partial charge in [0.1, 0.15) is 5.82 Å². The van der Waals surface area contributed by atoms with Crippen molar-refractivity contribution in [2.24, 2.45) is 0 Å². The minimum Gasteiger partial charge on any atom is -0.339 e. The number of fused-ring (bicyclic) bond motifs is 1. The van der Waals surface area contributed by atoms with Crippen LogP contribution < -0.4 is 5.56 Å². The maximum absolute atomic E-state index is 14.7. The van der Waals surface area contributed by atoms with Crippen molar-refractivity contribution in [1.82, 2.24) is 20.0 Å². The van der Waals surface area contributed by atoms with E-state index >= 15 is 0 Å². The molecule has 5 rings (SSSR count). The highest BCUT2D eigenvalue weighted by Crippen LogP contribution is 2.20. The van der Waals surface area contributed by atoms with E-state index in [0.29, 0.717) is 62.1 Å². The molecule has 0 atom stereocenters. The number of H-pyrrole nitrogens is 1. The quantitative estimate of drug-likeness (QED) is 0.375. The summed E-state index contributed by atoms with van der Waals surface area (Å²) >= 11 is 0. The van der Waals surface area contributed by atoms with Gasteiger partial charge in [0.15, 0.2) is 0 Å². The molecule has 0 unspecified atom stereocenters. The van der Waals surface area contributed by atoms with Crippen LogP contribution in [0.5, 0.6) is 0 Å². The summed E-state index contributed by atoms with van der Waals surface area (Å²) in [6.07, 6.45) is 1.43. The molecule has 0 radical (unpaired) electrons. The fraction of sp³-hybridized carbons (Fsp3) is 0.312. The molecule has 1 fully saturated rings. The molecule has 2 heterocycles. The minimum absolute atomic E-state index is 0.00428. The van der Waals surface area contributed by atoms with Crippen LogP contribution in [0, 0.1) is 12.7 Å². The van der Waals surface area contributed by atoms with Gasteiger partial charge in [-0.05, 0) is 42.7 Å². The second-order valence-corrected chi connectivity index (χ2v) is 9.69. The summed E-state index contributed by atoms with van der Waals surface area (Å²) < 4.78 is 14.7. The first kappa shape index (κ1) is 28.7. The van der Waals surface area contributed by atoms with E-state index in [9.17, 15) is 18.8 Å². The zero-order chi connectivity index (χ0) is 28.6. The number of amides is 2. The van der Waals surface area contributed by atoms with Gasteiger partial charge in [-0.25, -0.2) is 9.49 Å². The second-order valence-electron chi connectivity index (χ2n) is 9.69. The zero-order valence-electron chi connectivity index (χ0n) is 23.2. The summed E-state index contributed by atoms with van der Waals surface area (Å²) in [5, 5.41) is 7.95. The number of rotatable bonds is 6. The van der Waals surface area contributed by atoms with Gasteiger partial charge in [-0.2, -0.15) is 5.10 Å². The number of hydrogen-bond donors (Lipinski definition) is 1. The van der Waals surface area contributed by atoms with Gasteiger partial charge in [0.05, 0.1) is 16.6 Å². The Balaban J connectivity index is 0.00000181. The van der Waals surface area contributed by atoms with Crippen LogP contribution in [-0.4, -0.2) is 58.0 Å². The van der Waals surface area contributed by atoms with Crippen molar-refractivity contribution in [2.75, 3.05) is 26.2 Å². The first-order valence-corrected chi connectivity index (χ1v) is 13.8. The van der Waals surface area contributed by atoms with Gasteiger partial charge in [-0.15, -0.1) is 0 Å². The van der Waals surface area contributed by atoms with E-state index in [-0.39, 0.29) is 17.0 Å². The van der Waals surface area contributed by atoms with E-state index in [1.165, 1.54) is 11.6 Å². The number of aryl methyl sites for hydroxylation is 2. The lowest BCUT2D eigenvalue weighted by Gasteiger charge is -2.35. The van der Waals surface area contributed by atoms with E-state index < -0.39 is 11.7 Å². The van der Waals surface area contributed by atoms with Crippen molar-refractivity contribution in [3.8, 4) is 0 Å². The van der Waals surface area contributed by atoms with Gasteiger partial charge in [0.2, 0.25) is 5.91 Å². The lowest BCUT2D eigenvalue weighted by atomic mass is 10.0. The first-order chi connectivity index (χ1) is 19.4. The van der Waals surface area contributed by atoms with E-state index in [1.54, 1.807) is 34.1 Å². The van der Waals surface area contributed by atoms with Crippen molar-refractivity contribution in [3.05, 3.63) is 111 Å². The molecule has 0 aliphatic carbocycles. The molecule has 0 bridgehead atoms. The highest BCUT2D eigenvalue weighted by atomic mass is 19.1. The molecule has 2 amide bonds. The SMILES string of the molecule is CC.Cc1ccc(CCC(=O)N2CCN(C(=O)c3cc(Cc4n[nH]c(=O)c5ccccc45)ccc3F)CC2)cc1. The number of aromatic amines is 1. The number of carbonyl (C=O) groups is 2. The van der Waals surface area contributed by atoms with Crippen LogP contribution in [0.4, 0.5) is 4.39 Å². The molecule has 1 N–H and O–H groups in total. The van der Waals surface area contributed by atoms with Crippen LogP contribution in [0.25, 0.3) is 10.8 Å². The largest absolute Gasteiger partial charge is 0.339 e. The van der Waals surface area contributed by atoms with E-state index in [2.05, 4.69) is 10.2 Å². The Kier molecular flexibility index (Phi) is 9.43. The highest BCUT2D eigenvalue weighted by molar-refractivity contribution is 5.95. The number of piperazine rings is 1. The number of hydrogen-bond acceptors (Lipinski definition) is 4. The van der Waals surface area contributed by atoms with Crippen LogP contribution in [0.1, 0.15) is 53.0 Å². The Morgan fingerprint density at radius 2 is 1.50 bits per heavy atom. The molecule has 8 heteroatoms. The maximum atomic E-state index is 14.7. The maximum Gasteiger partial charge on any atom is 0.272 e. The first-order valence-electron chi connectivity index (χ1n) is 13.8. The van der Waals surface area contributed by atoms with Crippen LogP contribution in [-0.2, 0) is 17.6 Å². The fourth-order valence-corrected chi connectivity index (χ4v) is 4.84. The third-order valence-electron chi connectivity index (χ3n) is 7.08. The predicted molar refractivity (Wildman–Crippen MR) is 155 cm³/mol. The number of nitrogens with zero attached hydrogens (tertiary/aromatic N) is 3. The fourth-order valence-electron chi connectivity index (χ4n) is 4.84. The molecular weight excluding hydrogens is 507 g/mol. The molecule has 4 aromatic rings. The number of nitrogens with one attached hydrogen (secondary N) is 1. The van der Waals surface area contributed by atoms with Crippen molar-refractivity contribution in [1.29, 1.82) is 0 Å².